The van der Waals surface area contributed by atoms with Crippen molar-refractivity contribution >= 4 is 28.3 Å². The van der Waals surface area contributed by atoms with Crippen molar-refractivity contribution in [1.29, 1.82) is 0 Å². The second-order valence-electron chi connectivity index (χ2n) is 7.88. The van der Waals surface area contributed by atoms with Gasteiger partial charge in [0.05, 0.1) is 5.69 Å². The summed E-state index contributed by atoms with van der Waals surface area (Å²) in [6.45, 7) is 5.48. The van der Waals surface area contributed by atoms with Crippen molar-refractivity contribution in [1.82, 2.24) is 14.8 Å². The molecule has 0 spiro atoms. The van der Waals surface area contributed by atoms with Crippen LogP contribution in [0.2, 0.25) is 0 Å². The summed E-state index contributed by atoms with van der Waals surface area (Å²) < 4.78 is 0. The van der Waals surface area contributed by atoms with Crippen molar-refractivity contribution in [2.45, 2.75) is 46.0 Å². The van der Waals surface area contributed by atoms with Gasteiger partial charge in [-0.2, -0.15) is 0 Å². The summed E-state index contributed by atoms with van der Waals surface area (Å²) in [6.07, 6.45) is 5.41. The second-order valence-corrected chi connectivity index (χ2v) is 8.74. The van der Waals surface area contributed by atoms with Crippen LogP contribution in [0.4, 0.5) is 5.13 Å². The summed E-state index contributed by atoms with van der Waals surface area (Å²) in [5.74, 6) is -0.335. The Morgan fingerprint density at radius 2 is 1.80 bits per heavy atom. The first-order chi connectivity index (χ1) is 14.4. The van der Waals surface area contributed by atoms with Gasteiger partial charge in [0.15, 0.2) is 5.13 Å². The molecule has 0 saturated carbocycles. The zero-order chi connectivity index (χ0) is 21.9. The molecule has 0 atom stereocenters. The molecule has 7 heteroatoms. The number of hydrogen-bond acceptors (Lipinski definition) is 5. The predicted molar refractivity (Wildman–Crippen MR) is 124 cm³/mol. The van der Waals surface area contributed by atoms with Crippen molar-refractivity contribution in [2.75, 3.05) is 39.0 Å². The SMILES string of the molecule is CCCCCc1ccc(C(=O)N(CCCN(C)C)CC(=O)Nc2nc(C)cs2)cc1. The number of hydrogen-bond donors (Lipinski definition) is 1. The number of benzene rings is 1. The first-order valence-electron chi connectivity index (χ1n) is 10.6. The molecule has 0 radical (unpaired) electrons. The van der Waals surface area contributed by atoms with Gasteiger partial charge in [-0.1, -0.05) is 31.9 Å². The van der Waals surface area contributed by atoms with Gasteiger partial charge in [0, 0.05) is 17.5 Å². The number of nitrogens with zero attached hydrogens (tertiary/aromatic N) is 3. The van der Waals surface area contributed by atoms with E-state index in [1.165, 1.54) is 29.7 Å². The molecule has 30 heavy (non-hydrogen) atoms. The lowest BCUT2D eigenvalue weighted by Crippen LogP contribution is -2.39. The highest BCUT2D eigenvalue weighted by Crippen LogP contribution is 2.15. The molecule has 0 saturated heterocycles. The Kier molecular flexibility index (Phi) is 9.97. The van der Waals surface area contributed by atoms with Crippen LogP contribution < -0.4 is 5.32 Å². The molecule has 0 bridgehead atoms. The zero-order valence-corrected chi connectivity index (χ0v) is 19.4. The Morgan fingerprint density at radius 3 is 2.40 bits per heavy atom. The number of rotatable bonds is 12. The second kappa shape index (κ2) is 12.4. The molecule has 6 nitrogen and oxygen atoms in total. The lowest BCUT2D eigenvalue weighted by Gasteiger charge is -2.23. The monoisotopic (exact) mass is 430 g/mol. The lowest BCUT2D eigenvalue weighted by atomic mass is 10.0. The summed E-state index contributed by atoms with van der Waals surface area (Å²) in [5, 5.41) is 5.25. The van der Waals surface area contributed by atoms with Crippen LogP contribution >= 0.6 is 11.3 Å². The van der Waals surface area contributed by atoms with Crippen LogP contribution in [0, 0.1) is 6.92 Å². The zero-order valence-electron chi connectivity index (χ0n) is 18.6. The van der Waals surface area contributed by atoms with Gasteiger partial charge in [0.1, 0.15) is 6.54 Å². The number of carbonyl (C=O) groups excluding carboxylic acids is 2. The van der Waals surface area contributed by atoms with Gasteiger partial charge >= 0.3 is 0 Å². The average molecular weight is 431 g/mol. The van der Waals surface area contributed by atoms with Crippen molar-refractivity contribution < 1.29 is 9.59 Å². The molecule has 1 aromatic carbocycles. The third kappa shape index (κ3) is 8.24. The highest BCUT2D eigenvalue weighted by atomic mass is 32.1. The van der Waals surface area contributed by atoms with E-state index in [0.29, 0.717) is 17.2 Å². The van der Waals surface area contributed by atoms with Crippen LogP contribution in [0.15, 0.2) is 29.6 Å². The van der Waals surface area contributed by atoms with Crippen molar-refractivity contribution in [3.63, 3.8) is 0 Å². The summed E-state index contributed by atoms with van der Waals surface area (Å²) in [4.78, 5) is 33.6. The van der Waals surface area contributed by atoms with E-state index in [4.69, 9.17) is 0 Å². The number of carbonyl (C=O) groups is 2. The first kappa shape index (κ1) is 24.0. The molecule has 0 aliphatic rings. The minimum absolute atomic E-state index is 0.0170. The lowest BCUT2D eigenvalue weighted by molar-refractivity contribution is -0.116. The average Bonchev–Trinajstić information content (AvgIpc) is 3.11. The quantitative estimate of drug-likeness (QED) is 0.512. The largest absolute Gasteiger partial charge is 0.329 e. The molecule has 164 valence electrons. The fraction of sp³-hybridized carbons (Fsp3) is 0.522. The molecular weight excluding hydrogens is 396 g/mol. The predicted octanol–water partition coefficient (Wildman–Crippen LogP) is 4.22. The number of aromatic nitrogens is 1. The normalized spacial score (nSPS) is 11.0. The van der Waals surface area contributed by atoms with Gasteiger partial charge < -0.3 is 15.1 Å². The Bertz CT molecular complexity index is 802. The van der Waals surface area contributed by atoms with E-state index < -0.39 is 0 Å². The van der Waals surface area contributed by atoms with Crippen molar-refractivity contribution in [2.24, 2.45) is 0 Å². The van der Waals surface area contributed by atoms with Gasteiger partial charge in [-0.3, -0.25) is 9.59 Å². The molecule has 2 rings (SSSR count). The van der Waals surface area contributed by atoms with Crippen molar-refractivity contribution in [3.8, 4) is 0 Å². The van der Waals surface area contributed by atoms with Crippen LogP contribution in [0.3, 0.4) is 0 Å². The fourth-order valence-electron chi connectivity index (χ4n) is 3.15. The van der Waals surface area contributed by atoms with Gasteiger partial charge in [-0.25, -0.2) is 4.98 Å². The Balaban J connectivity index is 2.02. The smallest absolute Gasteiger partial charge is 0.254 e. The number of thiazole rings is 1. The van der Waals surface area contributed by atoms with E-state index in [1.807, 2.05) is 50.7 Å². The van der Waals surface area contributed by atoms with Gasteiger partial charge in [-0.05, 0) is 64.5 Å². The summed E-state index contributed by atoms with van der Waals surface area (Å²) in [6, 6.07) is 7.81. The third-order valence-corrected chi connectivity index (χ3v) is 5.67. The van der Waals surface area contributed by atoms with Crippen LogP contribution in [-0.2, 0) is 11.2 Å². The molecule has 0 aliphatic heterocycles. The summed E-state index contributed by atoms with van der Waals surface area (Å²) >= 11 is 1.39. The number of amides is 2. The topological polar surface area (TPSA) is 65.5 Å². The number of aryl methyl sites for hydroxylation is 2. The number of unbranched alkanes of at least 4 members (excludes halogenated alkanes) is 2. The number of anilines is 1. The fourth-order valence-corrected chi connectivity index (χ4v) is 3.85. The maximum Gasteiger partial charge on any atom is 0.254 e. The summed E-state index contributed by atoms with van der Waals surface area (Å²) in [7, 11) is 4.00. The van der Waals surface area contributed by atoms with E-state index in [-0.39, 0.29) is 18.4 Å². The summed E-state index contributed by atoms with van der Waals surface area (Å²) in [5.41, 5.74) is 2.74. The highest BCUT2D eigenvalue weighted by molar-refractivity contribution is 7.13. The molecule has 2 amide bonds. The highest BCUT2D eigenvalue weighted by Gasteiger charge is 2.19. The van der Waals surface area contributed by atoms with E-state index in [9.17, 15) is 9.59 Å². The van der Waals surface area contributed by atoms with Gasteiger partial charge in [0.2, 0.25) is 5.91 Å². The van der Waals surface area contributed by atoms with Gasteiger partial charge in [-0.15, -0.1) is 11.3 Å². The first-order valence-corrected chi connectivity index (χ1v) is 11.5. The molecule has 0 unspecified atom stereocenters. The van der Waals surface area contributed by atoms with Gasteiger partial charge in [0.25, 0.3) is 5.91 Å². The molecule has 0 aliphatic carbocycles. The van der Waals surface area contributed by atoms with E-state index in [2.05, 4.69) is 22.1 Å². The third-order valence-electron chi connectivity index (χ3n) is 4.79. The van der Waals surface area contributed by atoms with Crippen LogP contribution in [0.25, 0.3) is 0 Å². The molecule has 0 fully saturated rings. The maximum atomic E-state index is 13.1. The minimum Gasteiger partial charge on any atom is -0.329 e. The Hall–Kier alpha value is -2.25. The molecule has 2 aromatic rings. The molecular formula is C23H34N4O2S. The van der Waals surface area contributed by atoms with Crippen molar-refractivity contribution in [3.05, 3.63) is 46.5 Å². The Morgan fingerprint density at radius 1 is 1.07 bits per heavy atom. The van der Waals surface area contributed by atoms with Crippen LogP contribution in [0.5, 0.6) is 0 Å². The van der Waals surface area contributed by atoms with E-state index >= 15 is 0 Å². The minimum atomic E-state index is -0.223. The Labute approximate surface area is 184 Å². The van der Waals surface area contributed by atoms with E-state index in [1.54, 1.807) is 4.90 Å². The van der Waals surface area contributed by atoms with Crippen LogP contribution in [-0.4, -0.2) is 60.3 Å². The van der Waals surface area contributed by atoms with E-state index in [0.717, 1.165) is 31.5 Å². The number of nitrogens with one attached hydrogen (secondary N) is 1. The van der Waals surface area contributed by atoms with Crippen LogP contribution in [0.1, 0.15) is 54.2 Å². The molecule has 1 aromatic heterocycles. The molecule has 1 N–H and O–H groups in total. The molecule has 1 heterocycles. The maximum absolute atomic E-state index is 13.1. The standard InChI is InChI=1S/C23H34N4O2S/c1-5-6-7-9-19-10-12-20(13-11-19)22(29)27(15-8-14-26(3)4)16-21(28)25-23-24-18(2)17-30-23/h10-13,17H,5-9,14-16H2,1-4H3,(H,24,25,28).